The Morgan fingerprint density at radius 2 is 1.85 bits per heavy atom. The van der Waals surface area contributed by atoms with Crippen molar-refractivity contribution in [3.8, 4) is 6.07 Å². The predicted octanol–water partition coefficient (Wildman–Crippen LogP) is 2.94. The Hall–Kier alpha value is -3.66. The lowest BCUT2D eigenvalue weighted by molar-refractivity contribution is 0.0769. The van der Waals surface area contributed by atoms with Crippen molar-refractivity contribution in [1.82, 2.24) is 14.3 Å². The number of fused-ring (bicyclic) bond motifs is 1. The normalized spacial score (nSPS) is 10.4. The smallest absolute Gasteiger partial charge is 0.292 e. The highest BCUT2D eigenvalue weighted by Crippen LogP contribution is 2.17. The van der Waals surface area contributed by atoms with E-state index in [4.69, 9.17) is 5.26 Å². The molecule has 0 aliphatic rings. The van der Waals surface area contributed by atoms with Crippen LogP contribution in [0.25, 0.3) is 5.52 Å². The van der Waals surface area contributed by atoms with Crippen molar-refractivity contribution in [3.05, 3.63) is 65.7 Å². The van der Waals surface area contributed by atoms with Gasteiger partial charge in [-0.3, -0.25) is 14.0 Å². The molecule has 0 fully saturated rings. The van der Waals surface area contributed by atoms with E-state index in [1.165, 1.54) is 0 Å². The van der Waals surface area contributed by atoms with Gasteiger partial charge in [0.25, 0.3) is 11.8 Å². The van der Waals surface area contributed by atoms with E-state index in [1.54, 1.807) is 58.0 Å². The van der Waals surface area contributed by atoms with Gasteiger partial charge < -0.3 is 10.2 Å². The van der Waals surface area contributed by atoms with Crippen LogP contribution < -0.4 is 5.32 Å². The Morgan fingerprint density at radius 3 is 2.48 bits per heavy atom. The van der Waals surface area contributed by atoms with Gasteiger partial charge in [0.1, 0.15) is 0 Å². The highest BCUT2D eigenvalue weighted by Gasteiger charge is 2.24. The van der Waals surface area contributed by atoms with Gasteiger partial charge in [0, 0.05) is 25.0 Å². The van der Waals surface area contributed by atoms with Crippen LogP contribution in [0, 0.1) is 11.3 Å². The van der Waals surface area contributed by atoms with Crippen molar-refractivity contribution in [2.24, 2.45) is 0 Å². The van der Waals surface area contributed by atoms with Crippen LogP contribution in [0.3, 0.4) is 0 Å². The molecule has 0 radical (unpaired) electrons. The molecule has 1 N–H and O–H groups in total. The van der Waals surface area contributed by atoms with Crippen molar-refractivity contribution >= 4 is 23.0 Å². The number of benzene rings is 1. The van der Waals surface area contributed by atoms with Crippen LogP contribution in [0.15, 0.2) is 48.7 Å². The van der Waals surface area contributed by atoms with Crippen LogP contribution in [-0.2, 0) is 0 Å². The molecule has 2 aromatic heterocycles. The maximum absolute atomic E-state index is 12.8. The summed E-state index contributed by atoms with van der Waals surface area (Å²) in [4.78, 5) is 31.5. The molecule has 2 amide bonds. The summed E-state index contributed by atoms with van der Waals surface area (Å²) in [6.45, 7) is 4.93. The van der Waals surface area contributed by atoms with Gasteiger partial charge >= 0.3 is 0 Å². The van der Waals surface area contributed by atoms with E-state index < -0.39 is 5.91 Å². The summed E-state index contributed by atoms with van der Waals surface area (Å²) in [5.74, 6) is -0.508. The summed E-state index contributed by atoms with van der Waals surface area (Å²) in [6, 6.07) is 13.9. The Labute approximate surface area is 156 Å². The Bertz CT molecular complexity index is 1030. The highest BCUT2D eigenvalue weighted by atomic mass is 16.2. The molecule has 0 saturated heterocycles. The van der Waals surface area contributed by atoms with Crippen molar-refractivity contribution in [1.29, 1.82) is 5.26 Å². The number of amides is 2. The minimum Gasteiger partial charge on any atom is -0.338 e. The summed E-state index contributed by atoms with van der Waals surface area (Å²) in [6.07, 6.45) is 1.70. The molecule has 0 bridgehead atoms. The lowest BCUT2D eigenvalue weighted by Gasteiger charge is -2.17. The molecule has 27 heavy (non-hydrogen) atoms. The lowest BCUT2D eigenvalue weighted by Crippen LogP contribution is -2.31. The first kappa shape index (κ1) is 18.1. The average molecular weight is 361 g/mol. The molecule has 0 unspecified atom stereocenters. The summed E-state index contributed by atoms with van der Waals surface area (Å²) < 4.78 is 1.61. The van der Waals surface area contributed by atoms with Crippen LogP contribution in [-0.4, -0.2) is 39.2 Å². The Morgan fingerprint density at radius 1 is 1.15 bits per heavy atom. The first-order valence-corrected chi connectivity index (χ1v) is 8.66. The second-order valence-corrected chi connectivity index (χ2v) is 5.86. The summed E-state index contributed by atoms with van der Waals surface area (Å²) in [5, 5.41) is 11.6. The van der Waals surface area contributed by atoms with E-state index in [-0.39, 0.29) is 17.4 Å². The number of nitriles is 1. The van der Waals surface area contributed by atoms with Gasteiger partial charge in [0.15, 0.2) is 5.69 Å². The monoisotopic (exact) mass is 361 g/mol. The van der Waals surface area contributed by atoms with E-state index in [0.29, 0.717) is 29.9 Å². The topological polar surface area (TPSA) is 90.5 Å². The first-order valence-electron chi connectivity index (χ1n) is 8.66. The highest BCUT2D eigenvalue weighted by molar-refractivity contribution is 6.06. The molecule has 0 aliphatic heterocycles. The fourth-order valence-electron chi connectivity index (χ4n) is 2.83. The molecule has 1 aromatic carbocycles. The number of hydrogen-bond donors (Lipinski definition) is 1. The van der Waals surface area contributed by atoms with Gasteiger partial charge in [0.05, 0.1) is 17.1 Å². The summed E-state index contributed by atoms with van der Waals surface area (Å²) in [7, 11) is 0. The van der Waals surface area contributed by atoms with E-state index in [0.717, 1.165) is 0 Å². The third-order valence-corrected chi connectivity index (χ3v) is 4.28. The molecule has 7 nitrogen and oxygen atoms in total. The molecular formula is C20H19N5O2. The number of nitrogens with zero attached hydrogens (tertiary/aromatic N) is 4. The van der Waals surface area contributed by atoms with Crippen molar-refractivity contribution < 1.29 is 9.59 Å². The molecule has 0 spiro atoms. The van der Waals surface area contributed by atoms with Gasteiger partial charge in [-0.2, -0.15) is 5.26 Å². The number of pyridine rings is 1. The molecule has 0 aliphatic carbocycles. The van der Waals surface area contributed by atoms with E-state index in [2.05, 4.69) is 10.3 Å². The summed E-state index contributed by atoms with van der Waals surface area (Å²) in [5.41, 5.74) is 1.89. The SMILES string of the molecule is CCN(CC)C(=O)c1nc(C(=O)Nc2ccc(C#N)cc2)n2ccccc12. The Balaban J connectivity index is 1.97. The Kier molecular flexibility index (Phi) is 5.18. The minimum absolute atomic E-state index is 0.130. The third kappa shape index (κ3) is 3.51. The van der Waals surface area contributed by atoms with Gasteiger partial charge in [0.2, 0.25) is 5.82 Å². The van der Waals surface area contributed by atoms with E-state index in [9.17, 15) is 9.59 Å². The summed E-state index contributed by atoms with van der Waals surface area (Å²) >= 11 is 0. The zero-order valence-corrected chi connectivity index (χ0v) is 15.1. The third-order valence-electron chi connectivity index (χ3n) is 4.28. The molecule has 0 saturated carbocycles. The number of hydrogen-bond acceptors (Lipinski definition) is 4. The van der Waals surface area contributed by atoms with E-state index >= 15 is 0 Å². The quantitative estimate of drug-likeness (QED) is 0.756. The molecule has 136 valence electrons. The standard InChI is InChI=1S/C20H19N5O2/c1-3-24(4-2)20(27)17-16-7-5-6-12-25(16)18(23-17)19(26)22-15-10-8-14(13-21)9-11-15/h5-12H,3-4H2,1-2H3,(H,22,26). The van der Waals surface area contributed by atoms with Gasteiger partial charge in [-0.15, -0.1) is 0 Å². The maximum Gasteiger partial charge on any atom is 0.292 e. The van der Waals surface area contributed by atoms with Crippen molar-refractivity contribution in [2.45, 2.75) is 13.8 Å². The molecule has 3 rings (SSSR count). The first-order chi connectivity index (χ1) is 13.1. The fraction of sp³-hybridized carbons (Fsp3) is 0.200. The number of rotatable bonds is 5. The van der Waals surface area contributed by atoms with Gasteiger partial charge in [-0.05, 0) is 50.2 Å². The number of aromatic nitrogens is 2. The predicted molar refractivity (Wildman–Crippen MR) is 102 cm³/mol. The minimum atomic E-state index is -0.431. The molecule has 2 heterocycles. The number of imidazole rings is 1. The number of anilines is 1. The second-order valence-electron chi connectivity index (χ2n) is 5.86. The molecule has 0 atom stereocenters. The zero-order chi connectivity index (χ0) is 19.4. The van der Waals surface area contributed by atoms with E-state index in [1.807, 2.05) is 19.9 Å². The van der Waals surface area contributed by atoms with Crippen LogP contribution >= 0.6 is 0 Å². The van der Waals surface area contributed by atoms with Gasteiger partial charge in [-0.1, -0.05) is 6.07 Å². The maximum atomic E-state index is 12.8. The number of carbonyl (C=O) groups is 2. The van der Waals surface area contributed by atoms with Crippen LogP contribution in [0.5, 0.6) is 0 Å². The van der Waals surface area contributed by atoms with Crippen molar-refractivity contribution in [3.63, 3.8) is 0 Å². The fourth-order valence-corrected chi connectivity index (χ4v) is 2.83. The van der Waals surface area contributed by atoms with Gasteiger partial charge in [-0.25, -0.2) is 4.98 Å². The lowest BCUT2D eigenvalue weighted by atomic mass is 10.2. The van der Waals surface area contributed by atoms with Crippen LogP contribution in [0.2, 0.25) is 0 Å². The molecular weight excluding hydrogens is 342 g/mol. The molecule has 3 aromatic rings. The second kappa shape index (κ2) is 7.70. The van der Waals surface area contributed by atoms with Crippen LogP contribution in [0.1, 0.15) is 40.5 Å². The largest absolute Gasteiger partial charge is 0.338 e. The van der Waals surface area contributed by atoms with Crippen LogP contribution in [0.4, 0.5) is 5.69 Å². The number of carbonyl (C=O) groups excluding carboxylic acids is 2. The number of nitrogens with one attached hydrogen (secondary N) is 1. The van der Waals surface area contributed by atoms with Crippen molar-refractivity contribution in [2.75, 3.05) is 18.4 Å². The zero-order valence-electron chi connectivity index (χ0n) is 15.1. The molecule has 7 heteroatoms. The average Bonchev–Trinajstić information content (AvgIpc) is 3.09.